The first kappa shape index (κ1) is 97.1. The van der Waals surface area contributed by atoms with E-state index in [1.807, 2.05) is 0 Å². The maximum atomic E-state index is 14.7. The van der Waals surface area contributed by atoms with Crippen molar-refractivity contribution in [2.75, 3.05) is 39.3 Å². The minimum absolute atomic E-state index is 0.0307. The molecule has 13 amide bonds. The van der Waals surface area contributed by atoms with Gasteiger partial charge in [0.05, 0.1) is 31.7 Å². The normalized spacial score (nSPS) is 14.4. The van der Waals surface area contributed by atoms with Crippen LogP contribution >= 0.6 is 0 Å². The highest BCUT2D eigenvalue weighted by Gasteiger charge is 2.37. The van der Waals surface area contributed by atoms with E-state index in [-0.39, 0.29) is 133 Å². The molecule has 0 radical (unpaired) electrons. The summed E-state index contributed by atoms with van der Waals surface area (Å²) in [6, 6.07) is -10.9. The number of aliphatic hydroxyl groups is 1. The molecule has 0 spiro atoms. The van der Waals surface area contributed by atoms with Gasteiger partial charge in [-0.25, -0.2) is 14.8 Å². The maximum Gasteiger partial charge on any atom is 0.326 e. The fraction of sp³-hybridized carbons (Fsp3) is 0.586. The zero-order valence-corrected chi connectivity index (χ0v) is 65.2. The van der Waals surface area contributed by atoms with Gasteiger partial charge in [-0.1, -0.05) is 50.6 Å². The van der Waals surface area contributed by atoms with E-state index in [4.69, 9.17) is 57.3 Å². The van der Waals surface area contributed by atoms with Crippen LogP contribution < -0.4 is 121 Å². The van der Waals surface area contributed by atoms with Crippen molar-refractivity contribution in [3.05, 3.63) is 72.3 Å². The predicted octanol–water partition coefficient (Wildman–Crippen LogP) is -9.24. The number of amides is 13. The smallest absolute Gasteiger partial charge is 0.326 e. The van der Waals surface area contributed by atoms with Crippen LogP contribution in [0.15, 0.2) is 70.4 Å². The van der Waals surface area contributed by atoms with Gasteiger partial charge in [-0.3, -0.25) is 77.3 Å². The standard InChI is InChI=1S/C70H117N29O16/c1-37(2)27-48(94-56(103)39(4)88-58(105)45(19-12-24-83-68(75)76)93-65(112)51(31-54(74)101)97-66(113)53(34-100)99-57(104)43(73)17-8-10-22-71)63(110)92-44(18-9-11-23-72)60(107)95-49(28-40-15-6-5-7-16-40)62(109)89-38(3)55(102)90-46(20-13-25-84-69(77)78)59(106)91-47(21-14-26-85-70(79)80)61(108)96-50(29-41-32-81-35-86-41)64(111)98-52(67(114)115)30-42-33-82-36-87-42/h5-7,15-16,32-33,35-39,43-53,100H,8-14,17-31,34,71-73H2,1-4H3,(H2,74,101)(H,81,86)(H,82,87)(H,88,105)(H,89,109)(H,90,102)(H,91,106)(H,92,110)(H,93,112)(H,94,103)(H,95,107)(H,96,108)(H,97,113)(H,98,111)(H,99,104)(H,114,115)(H4,75,76,83)(H4,77,78,84)(H4,79,80,85)/t38-,39-,43-,44-,45-,46-,47-,48-,49-,50-,51-,52-,53-/m0/s1. The number of carbonyl (C=O) groups excluding carboxylic acids is 13. The number of nitrogens with one attached hydrogen (secondary N) is 14. The number of carboxylic acid groups (broad SMARTS) is 1. The highest BCUT2D eigenvalue weighted by molar-refractivity contribution is 6.00. The van der Waals surface area contributed by atoms with Crippen LogP contribution in [0.1, 0.15) is 135 Å². The van der Waals surface area contributed by atoms with Crippen LogP contribution in [0.2, 0.25) is 0 Å². The second kappa shape index (κ2) is 52.2. The Balaban J connectivity index is 1.93. The van der Waals surface area contributed by atoms with Crippen molar-refractivity contribution in [3.63, 3.8) is 0 Å². The van der Waals surface area contributed by atoms with E-state index < -0.39 is 174 Å². The molecule has 0 saturated carbocycles. The van der Waals surface area contributed by atoms with Gasteiger partial charge in [-0.2, -0.15) is 0 Å². The molecule has 0 fully saturated rings. The van der Waals surface area contributed by atoms with E-state index in [2.05, 4.69) is 98.7 Å². The van der Waals surface area contributed by atoms with Crippen LogP contribution in [-0.2, 0) is 86.4 Å². The second-order valence-corrected chi connectivity index (χ2v) is 27.7. The summed E-state index contributed by atoms with van der Waals surface area (Å²) >= 11 is 0. The first-order valence-corrected chi connectivity index (χ1v) is 37.6. The van der Waals surface area contributed by atoms with E-state index >= 15 is 0 Å². The molecule has 2 heterocycles. The number of aliphatic imine (C=N–C) groups is 3. The van der Waals surface area contributed by atoms with Gasteiger partial charge >= 0.3 is 5.97 Å². The lowest BCUT2D eigenvalue weighted by Gasteiger charge is -2.28. The highest BCUT2D eigenvalue weighted by atomic mass is 16.4. The molecule has 45 heteroatoms. The van der Waals surface area contributed by atoms with E-state index in [0.29, 0.717) is 42.8 Å². The number of nitrogens with zero attached hydrogens (tertiary/aromatic N) is 5. The molecule has 638 valence electrons. The van der Waals surface area contributed by atoms with Gasteiger partial charge < -0.3 is 141 Å². The number of H-pyrrole nitrogens is 2. The molecule has 0 aliphatic rings. The fourth-order valence-corrected chi connectivity index (χ4v) is 11.3. The molecule has 115 heavy (non-hydrogen) atoms. The Morgan fingerprint density at radius 2 is 0.739 bits per heavy atom. The number of aliphatic hydroxyl groups excluding tert-OH is 1. The number of rotatable bonds is 56. The molecule has 2 aromatic heterocycles. The van der Waals surface area contributed by atoms with Gasteiger partial charge in [0.1, 0.15) is 72.5 Å². The SMILES string of the molecule is CC(C)C[C@H](NC(=O)[C@H](C)NC(=O)[C@H](CCCN=C(N)N)NC(=O)[C@H](CC(N)=O)NC(=O)[C@H](CO)NC(=O)[C@@H](N)CCCCN)C(=O)N[C@@H](CCCCN)C(=O)N[C@@H](Cc1ccccc1)C(=O)N[C@@H](C)C(=O)N[C@@H](CCCN=C(N)N)C(=O)N[C@@H](CCCN=C(N)N)C(=O)N[C@@H](Cc1cnc[nH]1)C(=O)N[C@@H](Cc1cnc[nH]1)C(=O)O. The quantitative estimate of drug-likeness (QED) is 0.0142. The molecule has 0 unspecified atom stereocenters. The number of aromatic nitrogens is 4. The molecule has 3 rings (SSSR count). The Bertz CT molecular complexity index is 3710. The summed E-state index contributed by atoms with van der Waals surface area (Å²) < 4.78 is 0. The largest absolute Gasteiger partial charge is 0.480 e. The molecule has 36 N–H and O–H groups in total. The van der Waals surface area contributed by atoms with Crippen molar-refractivity contribution in [3.8, 4) is 0 Å². The first-order valence-electron chi connectivity index (χ1n) is 37.6. The maximum absolute atomic E-state index is 14.7. The van der Waals surface area contributed by atoms with Crippen molar-refractivity contribution in [1.82, 2.24) is 83.7 Å². The zero-order valence-electron chi connectivity index (χ0n) is 65.2. The summed E-state index contributed by atoms with van der Waals surface area (Å²) in [5.41, 5.74) is 57.4. The molecular weight excluding hydrogens is 1500 g/mol. The fourth-order valence-electron chi connectivity index (χ4n) is 11.3. The van der Waals surface area contributed by atoms with E-state index in [9.17, 15) is 77.3 Å². The van der Waals surface area contributed by atoms with Crippen molar-refractivity contribution in [2.24, 2.45) is 78.2 Å². The van der Waals surface area contributed by atoms with Crippen molar-refractivity contribution in [2.45, 2.75) is 215 Å². The number of aromatic amines is 2. The third kappa shape index (κ3) is 38.3. The molecule has 0 aliphatic carbocycles. The van der Waals surface area contributed by atoms with Crippen LogP contribution in [-0.4, -0.2) is 249 Å². The number of carbonyl (C=O) groups is 14. The van der Waals surface area contributed by atoms with Gasteiger partial charge in [-0.15, -0.1) is 0 Å². The lowest BCUT2D eigenvalue weighted by molar-refractivity contribution is -0.142. The minimum atomic E-state index is -1.79. The van der Waals surface area contributed by atoms with Crippen LogP contribution in [0, 0.1) is 5.92 Å². The lowest BCUT2D eigenvalue weighted by atomic mass is 10.0. The molecule has 45 nitrogen and oxygen atoms in total. The summed E-state index contributed by atoms with van der Waals surface area (Å²) in [4.78, 5) is 220. The number of hydrogen-bond acceptors (Lipinski definition) is 23. The Hall–Kier alpha value is -12.1. The molecule has 0 saturated heterocycles. The number of nitrogens with two attached hydrogens (primary N) is 10. The number of benzene rings is 1. The number of aliphatic carboxylic acids is 1. The van der Waals surface area contributed by atoms with Crippen molar-refractivity contribution >= 4 is 101 Å². The third-order valence-corrected chi connectivity index (χ3v) is 17.4. The van der Waals surface area contributed by atoms with E-state index in [0.717, 1.165) is 0 Å². The zero-order chi connectivity index (χ0) is 85.7. The number of guanidine groups is 3. The summed E-state index contributed by atoms with van der Waals surface area (Å²) in [7, 11) is 0. The van der Waals surface area contributed by atoms with Gasteiger partial charge in [0.15, 0.2) is 17.9 Å². The van der Waals surface area contributed by atoms with Crippen molar-refractivity contribution in [1.29, 1.82) is 0 Å². The van der Waals surface area contributed by atoms with E-state index in [1.165, 1.54) is 38.9 Å². The van der Waals surface area contributed by atoms with Crippen molar-refractivity contribution < 1.29 is 77.3 Å². The molecule has 1 aromatic carbocycles. The summed E-state index contributed by atoms with van der Waals surface area (Å²) in [6.45, 7) is 5.46. The van der Waals surface area contributed by atoms with Crippen LogP contribution in [0.4, 0.5) is 0 Å². The second-order valence-electron chi connectivity index (χ2n) is 27.7. The summed E-state index contributed by atoms with van der Waals surface area (Å²) in [5.74, 6) is -15.0. The molecule has 0 bridgehead atoms. The molecule has 3 aromatic rings. The van der Waals surface area contributed by atoms with Gasteiger partial charge in [0.2, 0.25) is 76.8 Å². The average Bonchev–Trinajstić information content (AvgIpc) is 1.47. The van der Waals surface area contributed by atoms with Gasteiger partial charge in [-0.05, 0) is 115 Å². The number of imidazole rings is 2. The number of carboxylic acids is 1. The van der Waals surface area contributed by atoms with Crippen LogP contribution in [0.5, 0.6) is 0 Å². The number of primary amides is 1. The van der Waals surface area contributed by atoms with Gasteiger partial charge in [0.25, 0.3) is 0 Å². The molecular formula is C70H117N29O16. The van der Waals surface area contributed by atoms with Gasteiger partial charge in [0, 0.05) is 62.7 Å². The number of unbranched alkanes of at least 4 members (excludes halogenated alkanes) is 2. The first-order chi connectivity index (χ1) is 54.5. The van der Waals surface area contributed by atoms with Crippen LogP contribution in [0.25, 0.3) is 0 Å². The molecule has 13 atom stereocenters. The summed E-state index contributed by atoms with van der Waals surface area (Å²) in [5, 5.41) is 50.5. The van der Waals surface area contributed by atoms with Crippen LogP contribution in [0.3, 0.4) is 0 Å². The third-order valence-electron chi connectivity index (χ3n) is 17.4. The topological polar surface area (TPSA) is 778 Å². The Morgan fingerprint density at radius 3 is 1.15 bits per heavy atom. The number of hydrogen-bond donors (Lipinski definition) is 26. The Labute approximate surface area is 664 Å². The monoisotopic (exact) mass is 1620 g/mol. The average molecular weight is 1620 g/mol. The Kier molecular flexibility index (Phi) is 44.1. The van der Waals surface area contributed by atoms with E-state index in [1.54, 1.807) is 44.2 Å². The molecule has 0 aliphatic heterocycles. The predicted molar refractivity (Wildman–Crippen MR) is 421 cm³/mol. The Morgan fingerprint density at radius 1 is 0.400 bits per heavy atom. The highest BCUT2D eigenvalue weighted by Crippen LogP contribution is 2.14. The summed E-state index contributed by atoms with van der Waals surface area (Å²) in [6.07, 6.45) is 5.30. The minimum Gasteiger partial charge on any atom is -0.480 e. The lowest BCUT2D eigenvalue weighted by Crippen LogP contribution is -2.61.